The molecule has 1 aromatic rings. The number of anilines is 1. The van der Waals surface area contributed by atoms with Crippen molar-refractivity contribution in [2.45, 2.75) is 63.5 Å². The molecule has 4 rings (SSSR count). The van der Waals surface area contributed by atoms with Crippen LogP contribution in [0.25, 0.3) is 0 Å². The molecule has 0 bridgehead atoms. The normalized spacial score (nSPS) is 22.5. The molecule has 0 spiro atoms. The average Bonchev–Trinajstić information content (AvgIpc) is 3.22. The van der Waals surface area contributed by atoms with Crippen LogP contribution in [0.2, 0.25) is 0 Å². The Balaban J connectivity index is 1.13. The van der Waals surface area contributed by atoms with Gasteiger partial charge in [0.05, 0.1) is 12.5 Å². The molecule has 0 radical (unpaired) electrons. The average molecular weight is 459 g/mol. The predicted molar refractivity (Wildman–Crippen MR) is 122 cm³/mol. The summed E-state index contributed by atoms with van der Waals surface area (Å²) in [5.74, 6) is -0.983. The van der Waals surface area contributed by atoms with Crippen molar-refractivity contribution >= 4 is 23.7 Å². The summed E-state index contributed by atoms with van der Waals surface area (Å²) in [6, 6.07) is 4.25. The largest absolute Gasteiger partial charge is 0.481 e. The zero-order valence-electron chi connectivity index (χ0n) is 19.1. The number of hydrogen-bond donors (Lipinski definition) is 1. The molecule has 4 heterocycles. The lowest BCUT2D eigenvalue weighted by Crippen LogP contribution is -2.45. The van der Waals surface area contributed by atoms with Gasteiger partial charge in [0.1, 0.15) is 6.10 Å². The maximum atomic E-state index is 12.4. The summed E-state index contributed by atoms with van der Waals surface area (Å²) in [4.78, 5) is 46.0. The van der Waals surface area contributed by atoms with Crippen LogP contribution in [0.15, 0.2) is 24.5 Å². The van der Waals surface area contributed by atoms with Gasteiger partial charge in [0.2, 0.25) is 5.91 Å². The van der Waals surface area contributed by atoms with Crippen molar-refractivity contribution in [3.8, 4) is 0 Å². The number of aromatic nitrogens is 1. The van der Waals surface area contributed by atoms with Crippen molar-refractivity contribution in [1.29, 1.82) is 0 Å². The zero-order valence-corrected chi connectivity index (χ0v) is 19.1. The van der Waals surface area contributed by atoms with E-state index >= 15 is 0 Å². The van der Waals surface area contributed by atoms with Gasteiger partial charge in [-0.05, 0) is 57.1 Å². The van der Waals surface area contributed by atoms with Gasteiger partial charge in [-0.2, -0.15) is 0 Å². The summed E-state index contributed by atoms with van der Waals surface area (Å²) in [5.41, 5.74) is 1.17. The van der Waals surface area contributed by atoms with E-state index < -0.39 is 5.97 Å². The Morgan fingerprint density at radius 1 is 1.03 bits per heavy atom. The number of cyclic esters (lactones) is 1. The Morgan fingerprint density at radius 3 is 2.39 bits per heavy atom. The third-order valence-electron chi connectivity index (χ3n) is 7.20. The first-order valence-electron chi connectivity index (χ1n) is 12.1. The zero-order chi connectivity index (χ0) is 23.2. The van der Waals surface area contributed by atoms with E-state index in [2.05, 4.69) is 9.88 Å². The second kappa shape index (κ2) is 10.9. The third kappa shape index (κ3) is 5.94. The molecule has 180 valence electrons. The SMILES string of the molecule is O=C(O)C1CCN(C(=O)CCCCC2CN(C3CCN(c4ccncc4)CC3)C(=O)O2)CC1. The molecule has 33 heavy (non-hydrogen) atoms. The summed E-state index contributed by atoms with van der Waals surface area (Å²) in [6.07, 6.45) is 9.07. The van der Waals surface area contributed by atoms with Crippen LogP contribution in [0.1, 0.15) is 51.4 Å². The van der Waals surface area contributed by atoms with Crippen LogP contribution in [-0.2, 0) is 14.3 Å². The molecule has 1 N–H and O–H groups in total. The minimum atomic E-state index is -0.762. The van der Waals surface area contributed by atoms with Crippen LogP contribution in [0.3, 0.4) is 0 Å². The quantitative estimate of drug-likeness (QED) is 0.598. The fourth-order valence-corrected chi connectivity index (χ4v) is 5.16. The highest BCUT2D eigenvalue weighted by atomic mass is 16.6. The maximum absolute atomic E-state index is 12.4. The van der Waals surface area contributed by atoms with Gasteiger partial charge < -0.3 is 24.5 Å². The van der Waals surface area contributed by atoms with E-state index in [0.29, 0.717) is 38.9 Å². The molecule has 1 unspecified atom stereocenters. The second-order valence-corrected chi connectivity index (χ2v) is 9.32. The van der Waals surface area contributed by atoms with Gasteiger partial charge in [-0.15, -0.1) is 0 Å². The number of hydrogen-bond acceptors (Lipinski definition) is 6. The van der Waals surface area contributed by atoms with E-state index in [-0.39, 0.29) is 30.1 Å². The molecule has 1 aromatic heterocycles. The number of ether oxygens (including phenoxy) is 1. The van der Waals surface area contributed by atoms with E-state index in [0.717, 1.165) is 45.2 Å². The molecule has 9 nitrogen and oxygen atoms in total. The molecular weight excluding hydrogens is 424 g/mol. The Morgan fingerprint density at radius 2 is 1.73 bits per heavy atom. The van der Waals surface area contributed by atoms with Crippen molar-refractivity contribution in [2.75, 3.05) is 37.6 Å². The molecule has 3 aliphatic rings. The minimum Gasteiger partial charge on any atom is -0.481 e. The Bertz CT molecular complexity index is 819. The number of aliphatic carboxylic acids is 1. The van der Waals surface area contributed by atoms with Gasteiger partial charge in [0.15, 0.2) is 0 Å². The molecular formula is C24H34N4O5. The standard InChI is InChI=1S/C24H34N4O5/c29-22(27-13-7-18(8-14-27)23(30)31)4-2-1-3-21-17-28(24(32)33-21)20-9-15-26(16-10-20)19-5-11-25-12-6-19/h5-6,11-12,18,20-21H,1-4,7-10,13-17H2,(H,30,31). The van der Waals surface area contributed by atoms with Crippen molar-refractivity contribution in [2.24, 2.45) is 5.92 Å². The molecule has 1 atom stereocenters. The number of carboxylic acids is 1. The predicted octanol–water partition coefficient (Wildman–Crippen LogP) is 2.75. The van der Waals surface area contributed by atoms with Crippen LogP contribution in [0.5, 0.6) is 0 Å². The number of carbonyl (C=O) groups is 3. The third-order valence-corrected chi connectivity index (χ3v) is 7.20. The van der Waals surface area contributed by atoms with Crippen molar-refractivity contribution in [1.82, 2.24) is 14.8 Å². The lowest BCUT2D eigenvalue weighted by Gasteiger charge is -2.36. The number of rotatable bonds is 8. The molecule has 3 fully saturated rings. The summed E-state index contributed by atoms with van der Waals surface area (Å²) in [7, 11) is 0. The fraction of sp³-hybridized carbons (Fsp3) is 0.667. The number of amides is 2. The van der Waals surface area contributed by atoms with Gasteiger partial charge in [0.25, 0.3) is 0 Å². The van der Waals surface area contributed by atoms with Crippen LogP contribution >= 0.6 is 0 Å². The first-order valence-corrected chi connectivity index (χ1v) is 12.1. The van der Waals surface area contributed by atoms with Crippen molar-refractivity contribution in [3.05, 3.63) is 24.5 Å². The minimum absolute atomic E-state index is 0.0999. The van der Waals surface area contributed by atoms with E-state index in [1.807, 2.05) is 17.0 Å². The number of pyridine rings is 1. The van der Waals surface area contributed by atoms with Crippen LogP contribution in [0.4, 0.5) is 10.5 Å². The van der Waals surface area contributed by atoms with Gasteiger partial charge >= 0.3 is 12.1 Å². The molecule has 0 aliphatic carbocycles. The first kappa shape index (κ1) is 23.3. The maximum Gasteiger partial charge on any atom is 0.410 e. The monoisotopic (exact) mass is 458 g/mol. The summed E-state index contributed by atoms with van der Waals surface area (Å²) >= 11 is 0. The van der Waals surface area contributed by atoms with Crippen molar-refractivity contribution < 1.29 is 24.2 Å². The second-order valence-electron chi connectivity index (χ2n) is 9.32. The topological polar surface area (TPSA) is 103 Å². The number of piperidine rings is 2. The summed E-state index contributed by atoms with van der Waals surface area (Å²) in [6.45, 7) is 3.52. The van der Waals surface area contributed by atoms with Crippen LogP contribution < -0.4 is 4.90 Å². The van der Waals surface area contributed by atoms with E-state index in [1.54, 1.807) is 17.3 Å². The van der Waals surface area contributed by atoms with Gasteiger partial charge in [-0.3, -0.25) is 14.6 Å². The molecule has 0 saturated carbocycles. The van der Waals surface area contributed by atoms with Gasteiger partial charge in [0, 0.05) is 56.7 Å². The number of likely N-dealkylation sites (tertiary alicyclic amines) is 1. The molecule has 3 aliphatic heterocycles. The molecule has 0 aromatic carbocycles. The number of carboxylic acid groups (broad SMARTS) is 1. The highest BCUT2D eigenvalue weighted by molar-refractivity contribution is 5.77. The van der Waals surface area contributed by atoms with E-state index in [9.17, 15) is 14.4 Å². The van der Waals surface area contributed by atoms with Crippen LogP contribution in [0, 0.1) is 5.92 Å². The fourth-order valence-electron chi connectivity index (χ4n) is 5.16. The van der Waals surface area contributed by atoms with E-state index in [1.165, 1.54) is 5.69 Å². The van der Waals surface area contributed by atoms with Crippen molar-refractivity contribution in [3.63, 3.8) is 0 Å². The molecule has 9 heteroatoms. The Labute approximate surface area is 194 Å². The highest BCUT2D eigenvalue weighted by Gasteiger charge is 2.37. The summed E-state index contributed by atoms with van der Waals surface area (Å²) in [5, 5.41) is 9.07. The Hall–Kier alpha value is -2.84. The van der Waals surface area contributed by atoms with E-state index in [4.69, 9.17) is 9.84 Å². The first-order chi connectivity index (χ1) is 16.0. The lowest BCUT2D eigenvalue weighted by atomic mass is 9.97. The molecule has 3 saturated heterocycles. The number of unbranched alkanes of at least 4 members (excludes halogenated alkanes) is 1. The van der Waals surface area contributed by atoms with Gasteiger partial charge in [-0.25, -0.2) is 4.79 Å². The van der Waals surface area contributed by atoms with Gasteiger partial charge in [-0.1, -0.05) is 0 Å². The smallest absolute Gasteiger partial charge is 0.410 e. The summed E-state index contributed by atoms with van der Waals surface area (Å²) < 4.78 is 5.61. The highest BCUT2D eigenvalue weighted by Crippen LogP contribution is 2.27. The lowest BCUT2D eigenvalue weighted by molar-refractivity contribution is -0.145. The number of carbonyl (C=O) groups excluding carboxylic acids is 2. The van der Waals surface area contributed by atoms with Crippen LogP contribution in [-0.4, -0.2) is 82.7 Å². The number of nitrogens with zero attached hydrogens (tertiary/aromatic N) is 4. The Kier molecular flexibility index (Phi) is 7.67. The molecule has 2 amide bonds.